The highest BCUT2D eigenvalue weighted by Crippen LogP contribution is 2.20. The molecule has 2 rings (SSSR count). The molecule has 2 N–H and O–H groups in total. The second kappa shape index (κ2) is 10.9. The van der Waals surface area contributed by atoms with E-state index in [4.69, 9.17) is 4.74 Å². The normalized spacial score (nSPS) is 16.1. The Hall–Kier alpha value is -1.86. The van der Waals surface area contributed by atoms with Gasteiger partial charge in [-0.1, -0.05) is 12.1 Å². The molecule has 140 valence electrons. The maximum absolute atomic E-state index is 13.9. The number of nitrogens with zero attached hydrogens (tertiary/aromatic N) is 3. The molecule has 0 atom stereocenters. The van der Waals surface area contributed by atoms with Gasteiger partial charge < -0.3 is 20.3 Å². The van der Waals surface area contributed by atoms with Crippen LogP contribution < -0.4 is 15.5 Å². The molecule has 1 aromatic rings. The molecular weight excluding hydrogens is 321 g/mol. The van der Waals surface area contributed by atoms with E-state index in [0.717, 1.165) is 63.9 Å². The quantitative estimate of drug-likeness (QED) is 0.418. The fraction of sp³-hybridized carbons (Fsp3) is 0.611. The SMILES string of the molecule is CN=C(NCCCN1CCN(c2ccccc2F)CC1)NCCOC. The molecule has 1 fully saturated rings. The molecule has 1 aliphatic heterocycles. The Labute approximate surface area is 150 Å². The zero-order chi connectivity index (χ0) is 17.9. The zero-order valence-electron chi connectivity index (χ0n) is 15.3. The van der Waals surface area contributed by atoms with E-state index in [-0.39, 0.29) is 5.82 Å². The van der Waals surface area contributed by atoms with Gasteiger partial charge in [-0.2, -0.15) is 0 Å². The van der Waals surface area contributed by atoms with Crippen LogP contribution in [0.2, 0.25) is 0 Å². The van der Waals surface area contributed by atoms with Crippen molar-refractivity contribution in [2.45, 2.75) is 6.42 Å². The van der Waals surface area contributed by atoms with Crippen LogP contribution in [0.4, 0.5) is 10.1 Å². The summed E-state index contributed by atoms with van der Waals surface area (Å²) in [6.45, 7) is 6.99. The van der Waals surface area contributed by atoms with Gasteiger partial charge >= 0.3 is 0 Å². The number of rotatable bonds is 8. The first-order valence-corrected chi connectivity index (χ1v) is 8.90. The van der Waals surface area contributed by atoms with Crippen molar-refractivity contribution in [3.8, 4) is 0 Å². The first-order chi connectivity index (χ1) is 12.2. The summed E-state index contributed by atoms with van der Waals surface area (Å²) < 4.78 is 18.9. The molecule has 0 bridgehead atoms. The Morgan fingerprint density at radius 1 is 1.16 bits per heavy atom. The van der Waals surface area contributed by atoms with E-state index in [1.165, 1.54) is 6.07 Å². The van der Waals surface area contributed by atoms with E-state index >= 15 is 0 Å². The number of piperazine rings is 1. The maximum atomic E-state index is 13.9. The van der Waals surface area contributed by atoms with E-state index in [9.17, 15) is 4.39 Å². The van der Waals surface area contributed by atoms with Crippen molar-refractivity contribution in [2.24, 2.45) is 4.99 Å². The number of ether oxygens (including phenoxy) is 1. The van der Waals surface area contributed by atoms with Crippen molar-refractivity contribution in [1.29, 1.82) is 0 Å². The van der Waals surface area contributed by atoms with Crippen LogP contribution in [0.1, 0.15) is 6.42 Å². The summed E-state index contributed by atoms with van der Waals surface area (Å²) in [7, 11) is 3.45. The fourth-order valence-corrected chi connectivity index (χ4v) is 2.92. The van der Waals surface area contributed by atoms with Gasteiger partial charge in [0.2, 0.25) is 0 Å². The molecule has 0 unspecified atom stereocenters. The summed E-state index contributed by atoms with van der Waals surface area (Å²) in [5.41, 5.74) is 0.717. The number of guanidine groups is 1. The molecule has 7 heteroatoms. The summed E-state index contributed by atoms with van der Waals surface area (Å²) in [4.78, 5) is 8.74. The summed E-state index contributed by atoms with van der Waals surface area (Å²) in [5.74, 6) is 0.675. The minimum absolute atomic E-state index is 0.132. The van der Waals surface area contributed by atoms with Gasteiger partial charge in [-0.15, -0.1) is 0 Å². The third-order valence-electron chi connectivity index (χ3n) is 4.33. The van der Waals surface area contributed by atoms with Crippen LogP contribution in [0.3, 0.4) is 0 Å². The molecular formula is C18H30FN5O. The molecule has 0 aromatic heterocycles. The average molecular weight is 351 g/mol. The standard InChI is InChI=1S/C18H30FN5O/c1-20-18(22-9-15-25-2)21-8-5-10-23-11-13-24(14-12-23)17-7-4-3-6-16(17)19/h3-4,6-7H,5,8-15H2,1-2H3,(H2,20,21,22). The summed E-state index contributed by atoms with van der Waals surface area (Å²) in [6.07, 6.45) is 1.05. The van der Waals surface area contributed by atoms with E-state index in [0.29, 0.717) is 6.61 Å². The first kappa shape index (κ1) is 19.5. The molecule has 1 saturated heterocycles. The van der Waals surface area contributed by atoms with Crippen molar-refractivity contribution in [3.63, 3.8) is 0 Å². The summed E-state index contributed by atoms with van der Waals surface area (Å²) >= 11 is 0. The van der Waals surface area contributed by atoms with Crippen LogP contribution in [-0.2, 0) is 4.74 Å². The number of hydrogen-bond acceptors (Lipinski definition) is 4. The maximum Gasteiger partial charge on any atom is 0.191 e. The number of nitrogens with one attached hydrogen (secondary N) is 2. The van der Waals surface area contributed by atoms with Gasteiger partial charge in [0.05, 0.1) is 12.3 Å². The van der Waals surface area contributed by atoms with E-state index < -0.39 is 0 Å². The van der Waals surface area contributed by atoms with Gasteiger partial charge in [0, 0.05) is 53.4 Å². The van der Waals surface area contributed by atoms with Crippen LogP contribution in [0.5, 0.6) is 0 Å². The summed E-state index contributed by atoms with van der Waals surface area (Å²) in [5, 5.41) is 6.50. The number of methoxy groups -OCH3 is 1. The zero-order valence-corrected chi connectivity index (χ0v) is 15.3. The number of aliphatic imine (C=N–C) groups is 1. The predicted molar refractivity (Wildman–Crippen MR) is 101 cm³/mol. The highest BCUT2D eigenvalue weighted by atomic mass is 19.1. The monoisotopic (exact) mass is 351 g/mol. The van der Waals surface area contributed by atoms with Crippen molar-refractivity contribution >= 4 is 11.6 Å². The minimum atomic E-state index is -0.132. The van der Waals surface area contributed by atoms with Crippen molar-refractivity contribution < 1.29 is 9.13 Å². The second-order valence-electron chi connectivity index (χ2n) is 6.05. The number of benzene rings is 1. The third kappa shape index (κ3) is 6.51. The Balaban J connectivity index is 1.62. The lowest BCUT2D eigenvalue weighted by molar-refractivity contribution is 0.203. The van der Waals surface area contributed by atoms with Gasteiger partial charge in [0.15, 0.2) is 5.96 Å². The highest BCUT2D eigenvalue weighted by Gasteiger charge is 2.18. The molecule has 0 amide bonds. The lowest BCUT2D eigenvalue weighted by Crippen LogP contribution is -2.47. The molecule has 0 spiro atoms. The van der Waals surface area contributed by atoms with Gasteiger partial charge in [0.1, 0.15) is 5.82 Å². The van der Waals surface area contributed by atoms with Crippen molar-refractivity contribution in [2.75, 3.05) is 71.5 Å². The molecule has 0 aliphatic carbocycles. The second-order valence-corrected chi connectivity index (χ2v) is 6.05. The largest absolute Gasteiger partial charge is 0.383 e. The lowest BCUT2D eigenvalue weighted by Gasteiger charge is -2.36. The molecule has 1 aliphatic rings. The van der Waals surface area contributed by atoms with E-state index in [1.807, 2.05) is 12.1 Å². The Kier molecular flexibility index (Phi) is 8.48. The molecule has 1 heterocycles. The number of anilines is 1. The van der Waals surface area contributed by atoms with Crippen LogP contribution in [0, 0.1) is 5.82 Å². The van der Waals surface area contributed by atoms with Gasteiger partial charge in [-0.25, -0.2) is 4.39 Å². The molecule has 1 aromatic carbocycles. The average Bonchev–Trinajstić information content (AvgIpc) is 2.65. The van der Waals surface area contributed by atoms with Crippen molar-refractivity contribution in [1.82, 2.24) is 15.5 Å². The van der Waals surface area contributed by atoms with Gasteiger partial charge in [-0.3, -0.25) is 9.89 Å². The number of hydrogen-bond donors (Lipinski definition) is 2. The highest BCUT2D eigenvalue weighted by molar-refractivity contribution is 5.79. The molecule has 0 radical (unpaired) electrons. The van der Waals surface area contributed by atoms with Crippen LogP contribution in [-0.4, -0.2) is 77.4 Å². The van der Waals surface area contributed by atoms with Crippen LogP contribution in [0.15, 0.2) is 29.3 Å². The topological polar surface area (TPSA) is 52.1 Å². The smallest absolute Gasteiger partial charge is 0.191 e. The predicted octanol–water partition coefficient (Wildman–Crippen LogP) is 1.15. The molecule has 6 nitrogen and oxygen atoms in total. The number of para-hydroxylation sites is 1. The Bertz CT molecular complexity index is 532. The van der Waals surface area contributed by atoms with Gasteiger partial charge in [0.25, 0.3) is 0 Å². The first-order valence-electron chi connectivity index (χ1n) is 8.90. The van der Waals surface area contributed by atoms with Crippen LogP contribution in [0.25, 0.3) is 0 Å². The van der Waals surface area contributed by atoms with E-state index in [2.05, 4.69) is 25.4 Å². The van der Waals surface area contributed by atoms with Gasteiger partial charge in [-0.05, 0) is 25.1 Å². The number of halogens is 1. The summed E-state index contributed by atoms with van der Waals surface area (Å²) in [6, 6.07) is 7.02. The Morgan fingerprint density at radius 2 is 1.88 bits per heavy atom. The van der Waals surface area contributed by atoms with E-state index in [1.54, 1.807) is 20.2 Å². The lowest BCUT2D eigenvalue weighted by atomic mass is 10.2. The van der Waals surface area contributed by atoms with Crippen molar-refractivity contribution in [3.05, 3.63) is 30.1 Å². The molecule has 0 saturated carbocycles. The minimum Gasteiger partial charge on any atom is -0.383 e. The molecule has 25 heavy (non-hydrogen) atoms. The Morgan fingerprint density at radius 3 is 2.56 bits per heavy atom. The van der Waals surface area contributed by atoms with Crippen LogP contribution >= 0.6 is 0 Å². The fourth-order valence-electron chi connectivity index (χ4n) is 2.92. The third-order valence-corrected chi connectivity index (χ3v) is 4.33.